The Morgan fingerprint density at radius 2 is 1.74 bits per heavy atom. The van der Waals surface area contributed by atoms with Crippen molar-refractivity contribution in [2.45, 2.75) is 45.7 Å². The minimum Gasteiger partial charge on any atom is -0.354 e. The Morgan fingerprint density at radius 1 is 1.09 bits per heavy atom. The van der Waals surface area contributed by atoms with Gasteiger partial charge in [0.2, 0.25) is 17.7 Å². The third-order valence-corrected chi connectivity index (χ3v) is 3.29. The maximum absolute atomic E-state index is 12.2. The number of rotatable bonds is 8. The number of hydrogen-bond acceptors (Lipinski definition) is 3. The first-order valence-corrected chi connectivity index (χ1v) is 7.83. The molecule has 0 aliphatic heterocycles. The van der Waals surface area contributed by atoms with E-state index in [0.29, 0.717) is 6.54 Å². The van der Waals surface area contributed by atoms with Crippen molar-refractivity contribution in [2.75, 3.05) is 6.54 Å². The van der Waals surface area contributed by atoms with Gasteiger partial charge in [0, 0.05) is 13.5 Å². The lowest BCUT2D eigenvalue weighted by Gasteiger charge is -2.20. The second kappa shape index (κ2) is 9.61. The Labute approximate surface area is 137 Å². The average Bonchev–Trinajstić information content (AvgIpc) is 2.52. The van der Waals surface area contributed by atoms with Crippen LogP contribution in [0.4, 0.5) is 0 Å². The summed E-state index contributed by atoms with van der Waals surface area (Å²) in [5, 5.41) is 8.15. The molecule has 6 nitrogen and oxygen atoms in total. The first-order valence-electron chi connectivity index (χ1n) is 7.83. The highest BCUT2D eigenvalue weighted by Gasteiger charge is 2.20. The molecule has 0 fully saturated rings. The zero-order valence-electron chi connectivity index (χ0n) is 13.9. The molecule has 6 heteroatoms. The Bertz CT molecular complexity index is 531. The molecular weight excluding hydrogens is 294 g/mol. The molecule has 0 spiro atoms. The molecule has 1 aromatic carbocycles. The number of nitrogens with one attached hydrogen (secondary N) is 3. The molecule has 0 unspecified atom stereocenters. The van der Waals surface area contributed by atoms with Crippen LogP contribution in [0.5, 0.6) is 0 Å². The van der Waals surface area contributed by atoms with Gasteiger partial charge in [-0.3, -0.25) is 14.4 Å². The van der Waals surface area contributed by atoms with Crippen LogP contribution in [0.2, 0.25) is 0 Å². The van der Waals surface area contributed by atoms with Crippen molar-refractivity contribution in [3.63, 3.8) is 0 Å². The summed E-state index contributed by atoms with van der Waals surface area (Å²) < 4.78 is 0. The normalized spacial score (nSPS) is 12.8. The van der Waals surface area contributed by atoms with Crippen molar-refractivity contribution < 1.29 is 14.4 Å². The Balaban J connectivity index is 2.63. The molecule has 23 heavy (non-hydrogen) atoms. The van der Waals surface area contributed by atoms with Gasteiger partial charge < -0.3 is 16.0 Å². The van der Waals surface area contributed by atoms with Gasteiger partial charge in [-0.15, -0.1) is 0 Å². The van der Waals surface area contributed by atoms with E-state index in [1.54, 1.807) is 6.92 Å². The summed E-state index contributed by atoms with van der Waals surface area (Å²) in [7, 11) is 0. The molecule has 0 saturated heterocycles. The monoisotopic (exact) mass is 319 g/mol. The minimum atomic E-state index is -0.609. The molecule has 3 N–H and O–H groups in total. The predicted octanol–water partition coefficient (Wildman–Crippen LogP) is 1.28. The molecule has 0 radical (unpaired) electrons. The fourth-order valence-corrected chi connectivity index (χ4v) is 2.14. The molecule has 0 aliphatic carbocycles. The van der Waals surface area contributed by atoms with E-state index in [0.717, 1.165) is 12.0 Å². The van der Waals surface area contributed by atoms with Crippen molar-refractivity contribution in [3.8, 4) is 0 Å². The molecular formula is C17H25N3O3. The second-order valence-electron chi connectivity index (χ2n) is 5.45. The van der Waals surface area contributed by atoms with Gasteiger partial charge in [0.15, 0.2) is 0 Å². The molecule has 126 valence electrons. The molecule has 3 amide bonds. The van der Waals surface area contributed by atoms with E-state index in [1.165, 1.54) is 6.92 Å². The highest BCUT2D eigenvalue weighted by Crippen LogP contribution is 2.16. The third kappa shape index (κ3) is 6.95. The third-order valence-electron chi connectivity index (χ3n) is 3.29. The first kappa shape index (κ1) is 18.7. The van der Waals surface area contributed by atoms with Gasteiger partial charge in [-0.25, -0.2) is 0 Å². The van der Waals surface area contributed by atoms with E-state index < -0.39 is 12.1 Å². The molecule has 0 aliphatic rings. The lowest BCUT2D eigenvalue weighted by atomic mass is 10.0. The summed E-state index contributed by atoms with van der Waals surface area (Å²) in [6, 6.07) is 8.25. The van der Waals surface area contributed by atoms with Crippen LogP contribution in [0.3, 0.4) is 0 Å². The summed E-state index contributed by atoms with van der Waals surface area (Å²) in [5.74, 6) is -0.705. The topological polar surface area (TPSA) is 87.3 Å². The highest BCUT2D eigenvalue weighted by molar-refractivity contribution is 5.87. The van der Waals surface area contributed by atoms with Gasteiger partial charge in [-0.1, -0.05) is 37.3 Å². The standard InChI is InChI=1S/C17H25N3O3/c1-4-10-18-17(23)12(2)19-16(22)11-15(20-13(3)21)14-8-6-5-7-9-14/h5-9,12,15H,4,10-11H2,1-3H3,(H,18,23)(H,19,22)(H,20,21)/t12-,15+/m0/s1. The van der Waals surface area contributed by atoms with Crippen LogP contribution in [-0.4, -0.2) is 30.3 Å². The predicted molar refractivity (Wildman–Crippen MR) is 88.5 cm³/mol. The van der Waals surface area contributed by atoms with Crippen molar-refractivity contribution >= 4 is 17.7 Å². The Morgan fingerprint density at radius 3 is 2.30 bits per heavy atom. The molecule has 0 aromatic heterocycles. The molecule has 1 aromatic rings. The van der Waals surface area contributed by atoms with Crippen LogP contribution in [-0.2, 0) is 14.4 Å². The zero-order chi connectivity index (χ0) is 17.2. The number of amides is 3. The van der Waals surface area contributed by atoms with E-state index >= 15 is 0 Å². The Kier molecular flexibility index (Phi) is 7.80. The van der Waals surface area contributed by atoms with E-state index in [1.807, 2.05) is 37.3 Å². The Hall–Kier alpha value is -2.37. The zero-order valence-corrected chi connectivity index (χ0v) is 13.9. The van der Waals surface area contributed by atoms with Gasteiger partial charge >= 0.3 is 0 Å². The summed E-state index contributed by atoms with van der Waals surface area (Å²) in [6.07, 6.45) is 0.917. The second-order valence-corrected chi connectivity index (χ2v) is 5.45. The number of carbonyl (C=O) groups is 3. The minimum absolute atomic E-state index is 0.0784. The molecule has 0 heterocycles. The smallest absolute Gasteiger partial charge is 0.242 e. The summed E-state index contributed by atoms with van der Waals surface area (Å²) in [6.45, 7) is 5.59. The summed E-state index contributed by atoms with van der Waals surface area (Å²) >= 11 is 0. The van der Waals surface area contributed by atoms with Crippen LogP contribution in [0.1, 0.15) is 45.2 Å². The molecule has 2 atom stereocenters. The van der Waals surface area contributed by atoms with Crippen LogP contribution in [0.15, 0.2) is 30.3 Å². The molecule has 1 rings (SSSR count). The van der Waals surface area contributed by atoms with Crippen LogP contribution >= 0.6 is 0 Å². The summed E-state index contributed by atoms with van der Waals surface area (Å²) in [4.78, 5) is 35.3. The van der Waals surface area contributed by atoms with Crippen molar-refractivity contribution in [2.24, 2.45) is 0 Å². The fourth-order valence-electron chi connectivity index (χ4n) is 2.14. The first-order chi connectivity index (χ1) is 10.9. The quantitative estimate of drug-likeness (QED) is 0.674. The van der Waals surface area contributed by atoms with E-state index in [-0.39, 0.29) is 24.1 Å². The van der Waals surface area contributed by atoms with E-state index in [2.05, 4.69) is 16.0 Å². The van der Waals surface area contributed by atoms with Crippen molar-refractivity contribution in [1.82, 2.24) is 16.0 Å². The lowest BCUT2D eigenvalue weighted by molar-refractivity contribution is -0.129. The largest absolute Gasteiger partial charge is 0.354 e. The molecule has 0 bridgehead atoms. The van der Waals surface area contributed by atoms with E-state index in [9.17, 15) is 14.4 Å². The number of hydrogen-bond donors (Lipinski definition) is 3. The van der Waals surface area contributed by atoms with Gasteiger partial charge in [0.05, 0.1) is 12.5 Å². The maximum atomic E-state index is 12.2. The van der Waals surface area contributed by atoms with E-state index in [4.69, 9.17) is 0 Å². The van der Waals surface area contributed by atoms with Crippen molar-refractivity contribution in [3.05, 3.63) is 35.9 Å². The van der Waals surface area contributed by atoms with Gasteiger partial charge in [0.25, 0.3) is 0 Å². The van der Waals surface area contributed by atoms with Crippen LogP contribution in [0.25, 0.3) is 0 Å². The highest BCUT2D eigenvalue weighted by atomic mass is 16.2. The average molecular weight is 319 g/mol. The van der Waals surface area contributed by atoms with Gasteiger partial charge in [0.1, 0.15) is 6.04 Å². The van der Waals surface area contributed by atoms with Gasteiger partial charge in [-0.05, 0) is 18.9 Å². The lowest BCUT2D eigenvalue weighted by Crippen LogP contribution is -2.45. The number of carbonyl (C=O) groups excluding carboxylic acids is 3. The van der Waals surface area contributed by atoms with Crippen molar-refractivity contribution in [1.29, 1.82) is 0 Å². The number of benzene rings is 1. The SMILES string of the molecule is CCCNC(=O)[C@H](C)NC(=O)C[C@@H](NC(C)=O)c1ccccc1. The fraction of sp³-hybridized carbons (Fsp3) is 0.471. The van der Waals surface area contributed by atoms with Crippen LogP contribution in [0, 0.1) is 0 Å². The van der Waals surface area contributed by atoms with Crippen LogP contribution < -0.4 is 16.0 Å². The van der Waals surface area contributed by atoms with Gasteiger partial charge in [-0.2, -0.15) is 0 Å². The molecule has 0 saturated carbocycles. The maximum Gasteiger partial charge on any atom is 0.242 e. The summed E-state index contributed by atoms with van der Waals surface area (Å²) in [5.41, 5.74) is 0.848.